The van der Waals surface area contributed by atoms with Gasteiger partial charge in [-0.05, 0) is 36.4 Å². The lowest BCUT2D eigenvalue weighted by molar-refractivity contribution is -0.116. The lowest BCUT2D eigenvalue weighted by Crippen LogP contribution is -2.20. The van der Waals surface area contributed by atoms with Crippen LogP contribution in [-0.4, -0.2) is 10.5 Å². The third kappa shape index (κ3) is 4.00. The second-order valence-electron chi connectivity index (χ2n) is 6.28. The Labute approximate surface area is 166 Å². The second-order valence-corrected chi connectivity index (χ2v) is 7.40. The summed E-state index contributed by atoms with van der Waals surface area (Å²) in [5, 5.41) is 3.61. The van der Waals surface area contributed by atoms with Crippen LogP contribution in [0.15, 0.2) is 106 Å². The van der Waals surface area contributed by atoms with Crippen LogP contribution in [0.25, 0.3) is 10.9 Å². The molecular formula is C23H18N2O2S. The van der Waals surface area contributed by atoms with Gasteiger partial charge < -0.3 is 9.88 Å². The topological polar surface area (TPSA) is 51.1 Å². The SMILES string of the molecule is O=C(Cn1ccc(=O)c2ccccc21)Nc1ccccc1Sc1ccccc1. The van der Waals surface area contributed by atoms with E-state index < -0.39 is 0 Å². The number of aromatic nitrogens is 1. The van der Waals surface area contributed by atoms with Crippen molar-refractivity contribution in [2.75, 3.05) is 5.32 Å². The molecule has 0 bridgehead atoms. The maximum absolute atomic E-state index is 12.7. The van der Waals surface area contributed by atoms with Gasteiger partial charge in [-0.1, -0.05) is 54.2 Å². The van der Waals surface area contributed by atoms with Crippen molar-refractivity contribution < 1.29 is 4.79 Å². The summed E-state index contributed by atoms with van der Waals surface area (Å²) in [4.78, 5) is 26.8. The second kappa shape index (κ2) is 8.15. The molecule has 0 atom stereocenters. The minimum atomic E-state index is -0.144. The molecule has 0 aliphatic rings. The highest BCUT2D eigenvalue weighted by molar-refractivity contribution is 7.99. The minimum absolute atomic E-state index is 0.0446. The Balaban J connectivity index is 1.55. The van der Waals surface area contributed by atoms with Gasteiger partial charge in [0.05, 0.1) is 11.2 Å². The Hall–Kier alpha value is -3.31. The van der Waals surface area contributed by atoms with Gasteiger partial charge in [0.15, 0.2) is 5.43 Å². The van der Waals surface area contributed by atoms with Crippen LogP contribution in [0.1, 0.15) is 0 Å². The summed E-state index contributed by atoms with van der Waals surface area (Å²) in [6, 6.07) is 26.6. The Morgan fingerprint density at radius 2 is 1.57 bits per heavy atom. The summed E-state index contributed by atoms with van der Waals surface area (Å²) in [6.45, 7) is 0.130. The zero-order valence-corrected chi connectivity index (χ0v) is 15.9. The Morgan fingerprint density at radius 1 is 0.857 bits per heavy atom. The van der Waals surface area contributed by atoms with Gasteiger partial charge in [0.25, 0.3) is 0 Å². The van der Waals surface area contributed by atoms with Gasteiger partial charge in [-0.15, -0.1) is 0 Å². The van der Waals surface area contributed by atoms with E-state index in [0.29, 0.717) is 5.39 Å². The average Bonchev–Trinajstić information content (AvgIpc) is 2.73. The van der Waals surface area contributed by atoms with Crippen LogP contribution < -0.4 is 10.7 Å². The molecule has 1 heterocycles. The summed E-state index contributed by atoms with van der Waals surface area (Å²) >= 11 is 1.60. The third-order valence-electron chi connectivity index (χ3n) is 4.33. The molecule has 4 rings (SSSR count). The highest BCUT2D eigenvalue weighted by Crippen LogP contribution is 2.33. The van der Waals surface area contributed by atoms with Gasteiger partial charge in [0, 0.05) is 27.4 Å². The zero-order valence-electron chi connectivity index (χ0n) is 15.0. The molecule has 0 aliphatic carbocycles. The molecule has 1 N–H and O–H groups in total. The quantitative estimate of drug-likeness (QED) is 0.536. The summed E-state index contributed by atoms with van der Waals surface area (Å²) in [5.41, 5.74) is 1.47. The number of fused-ring (bicyclic) bond motifs is 1. The van der Waals surface area contributed by atoms with E-state index in [2.05, 4.69) is 5.32 Å². The molecule has 1 aromatic heterocycles. The number of nitrogens with zero attached hydrogens (tertiary/aromatic N) is 1. The maximum atomic E-state index is 12.7. The van der Waals surface area contributed by atoms with Crippen molar-refractivity contribution in [2.45, 2.75) is 16.3 Å². The molecule has 0 fully saturated rings. The molecule has 4 aromatic rings. The van der Waals surface area contributed by atoms with Gasteiger partial charge in [0.2, 0.25) is 5.91 Å². The molecule has 5 heteroatoms. The predicted octanol–water partition coefficient (Wildman–Crippen LogP) is 4.79. The molecular weight excluding hydrogens is 368 g/mol. The first-order valence-corrected chi connectivity index (χ1v) is 9.72. The van der Waals surface area contributed by atoms with E-state index in [1.54, 1.807) is 28.6 Å². The molecule has 4 nitrogen and oxygen atoms in total. The number of nitrogens with one attached hydrogen (secondary N) is 1. The maximum Gasteiger partial charge on any atom is 0.244 e. The number of amides is 1. The van der Waals surface area contributed by atoms with Gasteiger partial charge in [0.1, 0.15) is 6.54 Å². The van der Waals surface area contributed by atoms with Crippen molar-refractivity contribution in [1.29, 1.82) is 0 Å². The molecule has 0 saturated carbocycles. The fourth-order valence-electron chi connectivity index (χ4n) is 3.02. The molecule has 0 spiro atoms. The van der Waals surface area contributed by atoms with Crippen molar-refractivity contribution in [3.05, 3.63) is 101 Å². The smallest absolute Gasteiger partial charge is 0.244 e. The first-order valence-electron chi connectivity index (χ1n) is 8.91. The highest BCUT2D eigenvalue weighted by Gasteiger charge is 2.10. The molecule has 3 aromatic carbocycles. The van der Waals surface area contributed by atoms with E-state index in [4.69, 9.17) is 0 Å². The number of pyridine rings is 1. The Bertz CT molecular complexity index is 1190. The molecule has 138 valence electrons. The van der Waals surface area contributed by atoms with Crippen molar-refractivity contribution >= 4 is 34.3 Å². The largest absolute Gasteiger partial charge is 0.338 e. The highest BCUT2D eigenvalue weighted by atomic mass is 32.2. The van der Waals surface area contributed by atoms with Crippen LogP contribution in [0.2, 0.25) is 0 Å². The first kappa shape index (κ1) is 18.1. The number of para-hydroxylation sites is 2. The van der Waals surface area contributed by atoms with Crippen molar-refractivity contribution in [2.24, 2.45) is 0 Å². The van der Waals surface area contributed by atoms with E-state index in [1.807, 2.05) is 72.8 Å². The number of carbonyl (C=O) groups is 1. The van der Waals surface area contributed by atoms with Gasteiger partial charge in [-0.3, -0.25) is 9.59 Å². The molecule has 0 unspecified atom stereocenters. The number of anilines is 1. The van der Waals surface area contributed by atoms with Gasteiger partial charge in [-0.2, -0.15) is 0 Å². The summed E-state index contributed by atoms with van der Waals surface area (Å²) < 4.78 is 1.79. The van der Waals surface area contributed by atoms with E-state index in [-0.39, 0.29) is 17.9 Å². The number of rotatable bonds is 5. The summed E-state index contributed by atoms with van der Waals surface area (Å²) in [5.74, 6) is -0.144. The van der Waals surface area contributed by atoms with E-state index >= 15 is 0 Å². The number of hydrogen-bond donors (Lipinski definition) is 1. The van der Waals surface area contributed by atoms with Crippen molar-refractivity contribution in [1.82, 2.24) is 4.57 Å². The van der Waals surface area contributed by atoms with E-state index in [0.717, 1.165) is 21.0 Å². The van der Waals surface area contributed by atoms with Crippen LogP contribution in [0.4, 0.5) is 5.69 Å². The number of carbonyl (C=O) groups excluding carboxylic acids is 1. The molecule has 0 saturated heterocycles. The summed E-state index contributed by atoms with van der Waals surface area (Å²) in [7, 11) is 0. The zero-order chi connectivity index (χ0) is 19.3. The Morgan fingerprint density at radius 3 is 2.43 bits per heavy atom. The van der Waals surface area contributed by atoms with Crippen molar-refractivity contribution in [3.63, 3.8) is 0 Å². The third-order valence-corrected chi connectivity index (χ3v) is 5.41. The summed E-state index contributed by atoms with van der Waals surface area (Å²) in [6.07, 6.45) is 1.66. The fourth-order valence-corrected chi connectivity index (χ4v) is 3.94. The monoisotopic (exact) mass is 386 g/mol. The first-order chi connectivity index (χ1) is 13.7. The fraction of sp³-hybridized carbons (Fsp3) is 0.0435. The lowest BCUT2D eigenvalue weighted by atomic mass is 10.2. The van der Waals surface area contributed by atoms with E-state index in [9.17, 15) is 9.59 Å². The van der Waals surface area contributed by atoms with Crippen LogP contribution in [0.5, 0.6) is 0 Å². The predicted molar refractivity (Wildman–Crippen MR) is 114 cm³/mol. The Kier molecular flexibility index (Phi) is 5.26. The minimum Gasteiger partial charge on any atom is -0.338 e. The molecule has 1 amide bonds. The molecule has 0 radical (unpaired) electrons. The number of hydrogen-bond acceptors (Lipinski definition) is 3. The van der Waals surface area contributed by atoms with Crippen LogP contribution >= 0.6 is 11.8 Å². The average molecular weight is 386 g/mol. The molecule has 0 aliphatic heterocycles. The van der Waals surface area contributed by atoms with Crippen LogP contribution in [0, 0.1) is 0 Å². The van der Waals surface area contributed by atoms with Crippen molar-refractivity contribution in [3.8, 4) is 0 Å². The van der Waals surface area contributed by atoms with Gasteiger partial charge >= 0.3 is 0 Å². The number of benzene rings is 3. The lowest BCUT2D eigenvalue weighted by Gasteiger charge is -2.13. The van der Waals surface area contributed by atoms with Gasteiger partial charge in [-0.25, -0.2) is 0 Å². The standard InChI is InChI=1S/C23H18N2O2S/c26-21-14-15-25(20-12-6-4-10-18(20)21)16-23(27)24-19-11-5-7-13-22(19)28-17-8-2-1-3-9-17/h1-15H,16H2,(H,24,27). The van der Waals surface area contributed by atoms with Crippen LogP contribution in [-0.2, 0) is 11.3 Å². The normalized spacial score (nSPS) is 10.7. The van der Waals surface area contributed by atoms with E-state index in [1.165, 1.54) is 6.07 Å². The molecule has 28 heavy (non-hydrogen) atoms. The van der Waals surface area contributed by atoms with Crippen LogP contribution in [0.3, 0.4) is 0 Å².